The van der Waals surface area contributed by atoms with Crippen LogP contribution in [0.4, 0.5) is 0 Å². The Morgan fingerprint density at radius 3 is 2.79 bits per heavy atom. The molecule has 1 aromatic carbocycles. The molecular weight excluding hydrogens is 374 g/mol. The number of aromatic nitrogens is 4. The molecule has 0 aliphatic rings. The van der Waals surface area contributed by atoms with Crippen molar-refractivity contribution in [1.82, 2.24) is 25.1 Å². The lowest BCUT2D eigenvalue weighted by Gasteiger charge is -2.08. The number of carbonyl (C=O) groups is 1. The van der Waals surface area contributed by atoms with Gasteiger partial charge in [-0.25, -0.2) is 0 Å². The Kier molecular flexibility index (Phi) is 6.80. The third kappa shape index (κ3) is 4.98. The van der Waals surface area contributed by atoms with Gasteiger partial charge in [-0.05, 0) is 29.8 Å². The molecule has 0 saturated carbocycles. The van der Waals surface area contributed by atoms with E-state index >= 15 is 0 Å². The maximum atomic E-state index is 12.2. The Morgan fingerprint density at radius 2 is 2.11 bits per heavy atom. The van der Waals surface area contributed by atoms with Crippen LogP contribution in [-0.4, -0.2) is 38.5 Å². The molecule has 0 radical (unpaired) electrons. The molecule has 3 rings (SSSR count). The van der Waals surface area contributed by atoms with Gasteiger partial charge in [0.2, 0.25) is 5.91 Å². The quantitative estimate of drug-likeness (QED) is 0.443. The molecule has 0 saturated heterocycles. The molecule has 0 aliphatic carbocycles. The summed E-state index contributed by atoms with van der Waals surface area (Å²) in [5.74, 6) is 1.67. The number of hydrogen-bond donors (Lipinski definition) is 1. The largest absolute Gasteiger partial charge is 0.497 e. The van der Waals surface area contributed by atoms with Gasteiger partial charge in [0, 0.05) is 31.0 Å². The van der Waals surface area contributed by atoms with Gasteiger partial charge in [-0.2, -0.15) is 0 Å². The molecule has 0 fully saturated rings. The molecule has 1 amide bonds. The van der Waals surface area contributed by atoms with Gasteiger partial charge in [-0.1, -0.05) is 30.0 Å². The van der Waals surface area contributed by atoms with Gasteiger partial charge in [0.25, 0.3) is 0 Å². The summed E-state index contributed by atoms with van der Waals surface area (Å²) in [6.07, 6.45) is 5.22. The zero-order chi connectivity index (χ0) is 19.8. The number of ether oxygens (including phenoxy) is 1. The van der Waals surface area contributed by atoms with Crippen LogP contribution in [0.5, 0.6) is 5.75 Å². The zero-order valence-corrected chi connectivity index (χ0v) is 16.4. The lowest BCUT2D eigenvalue weighted by atomic mass is 10.2. The monoisotopic (exact) mass is 395 g/mol. The first-order valence-corrected chi connectivity index (χ1v) is 9.66. The zero-order valence-electron chi connectivity index (χ0n) is 15.5. The van der Waals surface area contributed by atoms with E-state index in [4.69, 9.17) is 4.74 Å². The number of amides is 1. The van der Waals surface area contributed by atoms with Gasteiger partial charge in [-0.15, -0.1) is 16.8 Å². The van der Waals surface area contributed by atoms with E-state index in [1.807, 2.05) is 41.0 Å². The minimum absolute atomic E-state index is 0.0723. The molecule has 0 spiro atoms. The highest BCUT2D eigenvalue weighted by atomic mass is 32.2. The Morgan fingerprint density at radius 1 is 1.29 bits per heavy atom. The van der Waals surface area contributed by atoms with E-state index in [-0.39, 0.29) is 11.7 Å². The number of thioether (sulfide) groups is 1. The third-order valence-electron chi connectivity index (χ3n) is 3.93. The number of benzene rings is 1. The van der Waals surface area contributed by atoms with Crippen LogP contribution in [0.3, 0.4) is 0 Å². The lowest BCUT2D eigenvalue weighted by Crippen LogP contribution is -2.24. The molecule has 7 nitrogen and oxygen atoms in total. The van der Waals surface area contributed by atoms with Crippen molar-refractivity contribution in [2.24, 2.45) is 0 Å². The van der Waals surface area contributed by atoms with E-state index in [0.717, 1.165) is 16.9 Å². The van der Waals surface area contributed by atoms with Crippen molar-refractivity contribution in [2.45, 2.75) is 18.2 Å². The normalized spacial score (nSPS) is 10.5. The molecule has 0 aliphatic heterocycles. The first-order chi connectivity index (χ1) is 13.7. The van der Waals surface area contributed by atoms with Gasteiger partial charge in [0.05, 0.1) is 12.9 Å². The van der Waals surface area contributed by atoms with Gasteiger partial charge in [0.15, 0.2) is 11.0 Å². The van der Waals surface area contributed by atoms with Crippen LogP contribution < -0.4 is 10.1 Å². The fourth-order valence-electron chi connectivity index (χ4n) is 2.52. The molecule has 0 unspecified atom stereocenters. The summed E-state index contributed by atoms with van der Waals surface area (Å²) in [5, 5.41) is 12.1. The van der Waals surface area contributed by atoms with Crippen LogP contribution in [0, 0.1) is 0 Å². The number of carbonyl (C=O) groups excluding carboxylic acids is 1. The number of nitrogens with one attached hydrogen (secondary N) is 1. The van der Waals surface area contributed by atoms with Crippen molar-refractivity contribution in [3.05, 3.63) is 67.0 Å². The van der Waals surface area contributed by atoms with Gasteiger partial charge in [0.1, 0.15) is 5.75 Å². The fourth-order valence-corrected chi connectivity index (χ4v) is 3.30. The lowest BCUT2D eigenvalue weighted by molar-refractivity contribution is -0.118. The number of rotatable bonds is 9. The van der Waals surface area contributed by atoms with Crippen molar-refractivity contribution in [2.75, 3.05) is 12.9 Å². The molecule has 1 N–H and O–H groups in total. The van der Waals surface area contributed by atoms with Crippen LogP contribution in [0.25, 0.3) is 11.4 Å². The van der Waals surface area contributed by atoms with Crippen molar-refractivity contribution < 1.29 is 9.53 Å². The summed E-state index contributed by atoms with van der Waals surface area (Å²) in [7, 11) is 1.62. The molecule has 2 heterocycles. The third-order valence-corrected chi connectivity index (χ3v) is 4.90. The Bertz CT molecular complexity index is 926. The van der Waals surface area contributed by atoms with Gasteiger partial charge in [-0.3, -0.25) is 14.3 Å². The summed E-state index contributed by atoms with van der Waals surface area (Å²) >= 11 is 1.34. The number of hydrogen-bond acceptors (Lipinski definition) is 6. The first kappa shape index (κ1) is 19.6. The highest BCUT2D eigenvalue weighted by molar-refractivity contribution is 7.99. The Labute approximate surface area is 167 Å². The SMILES string of the molecule is C=CCn1c(SCC(=O)NCc2ccc(OC)cc2)nnc1-c1cccnc1. The number of methoxy groups -OCH3 is 1. The van der Waals surface area contributed by atoms with Crippen LogP contribution >= 0.6 is 11.8 Å². The summed E-state index contributed by atoms with van der Waals surface area (Å²) in [5.41, 5.74) is 1.88. The Balaban J connectivity index is 1.59. The summed E-state index contributed by atoms with van der Waals surface area (Å²) in [6.45, 7) is 4.80. The van der Waals surface area contributed by atoms with Crippen molar-refractivity contribution >= 4 is 17.7 Å². The first-order valence-electron chi connectivity index (χ1n) is 8.68. The van der Waals surface area contributed by atoms with E-state index in [9.17, 15) is 4.79 Å². The average Bonchev–Trinajstić information content (AvgIpc) is 3.14. The maximum Gasteiger partial charge on any atom is 0.230 e. The second-order valence-corrected chi connectivity index (χ2v) is 6.80. The van der Waals surface area contributed by atoms with E-state index in [2.05, 4.69) is 27.1 Å². The van der Waals surface area contributed by atoms with Crippen LogP contribution in [-0.2, 0) is 17.9 Å². The van der Waals surface area contributed by atoms with Gasteiger partial charge >= 0.3 is 0 Å². The van der Waals surface area contributed by atoms with Crippen LogP contribution in [0.1, 0.15) is 5.56 Å². The van der Waals surface area contributed by atoms with Crippen LogP contribution in [0.15, 0.2) is 66.6 Å². The average molecular weight is 395 g/mol. The molecule has 2 aromatic heterocycles. The van der Waals surface area contributed by atoms with Crippen molar-refractivity contribution in [3.63, 3.8) is 0 Å². The highest BCUT2D eigenvalue weighted by Gasteiger charge is 2.15. The molecule has 0 bridgehead atoms. The highest BCUT2D eigenvalue weighted by Crippen LogP contribution is 2.23. The molecular formula is C20H21N5O2S. The van der Waals surface area contributed by atoms with Gasteiger partial charge < -0.3 is 10.1 Å². The smallest absolute Gasteiger partial charge is 0.230 e. The minimum Gasteiger partial charge on any atom is -0.497 e. The molecule has 8 heteroatoms. The number of pyridine rings is 1. The maximum absolute atomic E-state index is 12.2. The number of nitrogens with zero attached hydrogens (tertiary/aromatic N) is 4. The van der Waals surface area contributed by atoms with Crippen molar-refractivity contribution in [1.29, 1.82) is 0 Å². The van der Waals surface area contributed by atoms with E-state index < -0.39 is 0 Å². The summed E-state index contributed by atoms with van der Waals surface area (Å²) in [6, 6.07) is 11.4. The molecule has 3 aromatic rings. The van der Waals surface area contributed by atoms with Crippen LogP contribution in [0.2, 0.25) is 0 Å². The van der Waals surface area contributed by atoms with E-state index in [0.29, 0.717) is 24.1 Å². The summed E-state index contributed by atoms with van der Waals surface area (Å²) in [4.78, 5) is 16.3. The van der Waals surface area contributed by atoms with Crippen molar-refractivity contribution in [3.8, 4) is 17.1 Å². The molecule has 0 atom stereocenters. The Hall–Kier alpha value is -3.13. The fraction of sp³-hybridized carbons (Fsp3) is 0.200. The molecule has 144 valence electrons. The standard InChI is InChI=1S/C20H21N5O2S/c1-3-11-25-19(16-5-4-10-21-13-16)23-24-20(25)28-14-18(26)22-12-15-6-8-17(27-2)9-7-15/h3-10,13H,1,11-12,14H2,2H3,(H,22,26). The molecule has 28 heavy (non-hydrogen) atoms. The van der Waals surface area contributed by atoms with E-state index in [1.165, 1.54) is 11.8 Å². The minimum atomic E-state index is -0.0723. The summed E-state index contributed by atoms with van der Waals surface area (Å²) < 4.78 is 7.05. The second-order valence-electron chi connectivity index (χ2n) is 5.86. The second kappa shape index (κ2) is 9.70. The van der Waals surface area contributed by atoms with E-state index in [1.54, 1.807) is 25.6 Å². The predicted octanol–water partition coefficient (Wildman–Crippen LogP) is 2.94. The number of allylic oxidation sites excluding steroid dienone is 1. The predicted molar refractivity (Wildman–Crippen MR) is 109 cm³/mol. The topological polar surface area (TPSA) is 81.9 Å².